The topological polar surface area (TPSA) is 96.4 Å². The van der Waals surface area contributed by atoms with E-state index in [2.05, 4.69) is 10.2 Å². The highest BCUT2D eigenvalue weighted by atomic mass is 32.1. The van der Waals surface area contributed by atoms with Crippen LogP contribution >= 0.6 is 11.3 Å². The Morgan fingerprint density at radius 2 is 2.07 bits per heavy atom. The number of amides is 1. The summed E-state index contributed by atoms with van der Waals surface area (Å²) >= 11 is 1.45. The number of thiophene rings is 1. The van der Waals surface area contributed by atoms with Crippen LogP contribution in [-0.2, 0) is 7.05 Å². The third-order valence-corrected chi connectivity index (χ3v) is 6.42. The van der Waals surface area contributed by atoms with Gasteiger partial charge in [-0.05, 0) is 30.2 Å². The molecule has 1 amide bonds. The molecule has 0 aliphatic carbocycles. The monoisotopic (exact) mass is 415 g/mol. The van der Waals surface area contributed by atoms with Crippen molar-refractivity contribution >= 4 is 38.5 Å². The normalized spacial score (nSPS) is 20.0. The van der Waals surface area contributed by atoms with Crippen LogP contribution in [0.1, 0.15) is 12.5 Å². The molecule has 0 spiro atoms. The summed E-state index contributed by atoms with van der Waals surface area (Å²) in [4.78, 5) is 14.0. The summed E-state index contributed by atoms with van der Waals surface area (Å²) in [5.74, 6) is -0.359. The van der Waals surface area contributed by atoms with Crippen molar-refractivity contribution in [3.63, 3.8) is 0 Å². The maximum atomic E-state index is 14.4. The molecule has 10 heteroatoms. The number of piperidine rings is 1. The van der Waals surface area contributed by atoms with Gasteiger partial charge in [-0.2, -0.15) is 10.2 Å². The lowest BCUT2D eigenvalue weighted by molar-refractivity contribution is 0.0258. The van der Waals surface area contributed by atoms with Crippen LogP contribution in [0.2, 0.25) is 0 Å². The molecule has 0 unspecified atom stereocenters. The van der Waals surface area contributed by atoms with Crippen molar-refractivity contribution in [1.82, 2.24) is 24.5 Å². The standard InChI is InChI=1S/C19H18FN5O3S/c1-23-7-11-4-10(5-13(20)17(11)21-23)16-6-12-8-25(22-18(12)29-16)14-2-3-24(19(27)28)9-15(14)26/h4-8,14-15,26H,2-3,9H2,1H3,(H,27,28)/t14-,15-/m1/s1. The second-order valence-corrected chi connectivity index (χ2v) is 8.36. The van der Waals surface area contributed by atoms with E-state index < -0.39 is 12.2 Å². The van der Waals surface area contributed by atoms with Crippen molar-refractivity contribution in [2.45, 2.75) is 18.6 Å². The predicted molar refractivity (Wildman–Crippen MR) is 107 cm³/mol. The molecule has 5 rings (SSSR count). The van der Waals surface area contributed by atoms with Crippen molar-refractivity contribution in [2.75, 3.05) is 13.1 Å². The van der Waals surface area contributed by atoms with Gasteiger partial charge in [-0.3, -0.25) is 9.36 Å². The Hall–Kier alpha value is -2.98. The van der Waals surface area contributed by atoms with E-state index in [-0.39, 0.29) is 18.4 Å². The third-order valence-electron chi connectivity index (χ3n) is 5.34. The number of carbonyl (C=O) groups is 1. The Morgan fingerprint density at radius 1 is 1.24 bits per heavy atom. The van der Waals surface area contributed by atoms with Gasteiger partial charge in [0.15, 0.2) is 5.82 Å². The molecule has 8 nitrogen and oxygen atoms in total. The molecule has 0 bridgehead atoms. The summed E-state index contributed by atoms with van der Waals surface area (Å²) in [5.41, 5.74) is 1.12. The number of aryl methyl sites for hydroxylation is 1. The first-order valence-electron chi connectivity index (χ1n) is 9.17. The lowest BCUT2D eigenvalue weighted by Crippen LogP contribution is -2.46. The number of aromatic nitrogens is 4. The molecule has 29 heavy (non-hydrogen) atoms. The molecular formula is C19H18FN5O3S. The molecule has 1 fully saturated rings. The second kappa shape index (κ2) is 6.53. The molecule has 1 aliphatic heterocycles. The minimum absolute atomic E-state index is 0.0726. The summed E-state index contributed by atoms with van der Waals surface area (Å²) in [6.07, 6.45) is 2.31. The zero-order valence-corrected chi connectivity index (χ0v) is 16.3. The molecule has 2 atom stereocenters. The van der Waals surface area contributed by atoms with E-state index in [9.17, 15) is 14.3 Å². The SMILES string of the molecule is Cn1cc2cc(-c3cc4cn([C@@H]5CCN(C(=O)O)C[C@H]5O)nc4s3)cc(F)c2n1. The van der Waals surface area contributed by atoms with Crippen LogP contribution in [0, 0.1) is 5.82 Å². The second-order valence-electron chi connectivity index (χ2n) is 7.33. The molecule has 2 N–H and O–H groups in total. The number of hydrogen-bond acceptors (Lipinski definition) is 5. The Kier molecular flexibility index (Phi) is 4.07. The van der Waals surface area contributed by atoms with Gasteiger partial charge in [-0.25, -0.2) is 9.18 Å². The van der Waals surface area contributed by atoms with Crippen molar-refractivity contribution < 1.29 is 19.4 Å². The van der Waals surface area contributed by atoms with Crippen LogP contribution < -0.4 is 0 Å². The van der Waals surface area contributed by atoms with Crippen LogP contribution in [0.25, 0.3) is 31.6 Å². The number of β-amino-alcohol motifs (C(OH)–C–C–N with tert-alkyl or cyclic N) is 1. The zero-order valence-electron chi connectivity index (χ0n) is 15.5. The number of carboxylic acid groups (broad SMARTS) is 1. The molecule has 1 aliphatic rings. The van der Waals surface area contributed by atoms with Crippen LogP contribution in [0.5, 0.6) is 0 Å². The first-order chi connectivity index (χ1) is 13.9. The van der Waals surface area contributed by atoms with E-state index in [1.807, 2.05) is 18.3 Å². The van der Waals surface area contributed by atoms with Crippen molar-refractivity contribution in [1.29, 1.82) is 0 Å². The number of aliphatic hydroxyl groups excluding tert-OH is 1. The number of halogens is 1. The molecule has 4 heterocycles. The van der Waals surface area contributed by atoms with Gasteiger partial charge in [-0.1, -0.05) is 0 Å². The molecule has 4 aromatic rings. The molecule has 0 saturated carbocycles. The fraction of sp³-hybridized carbons (Fsp3) is 0.316. The van der Waals surface area contributed by atoms with Crippen LogP contribution in [-0.4, -0.2) is 60.0 Å². The van der Waals surface area contributed by atoms with E-state index in [4.69, 9.17) is 5.11 Å². The van der Waals surface area contributed by atoms with Gasteiger partial charge in [-0.15, -0.1) is 11.3 Å². The fourth-order valence-electron chi connectivity index (χ4n) is 3.91. The lowest BCUT2D eigenvalue weighted by Gasteiger charge is -2.34. The van der Waals surface area contributed by atoms with E-state index in [0.717, 1.165) is 26.0 Å². The van der Waals surface area contributed by atoms with Gasteiger partial charge in [0.25, 0.3) is 0 Å². The highest BCUT2D eigenvalue weighted by Gasteiger charge is 2.32. The maximum absolute atomic E-state index is 14.4. The lowest BCUT2D eigenvalue weighted by atomic mass is 10.0. The van der Waals surface area contributed by atoms with Gasteiger partial charge < -0.3 is 15.1 Å². The van der Waals surface area contributed by atoms with Gasteiger partial charge in [0.1, 0.15) is 10.3 Å². The average molecular weight is 415 g/mol. The smallest absolute Gasteiger partial charge is 0.407 e. The number of nitrogens with zero attached hydrogens (tertiary/aromatic N) is 5. The van der Waals surface area contributed by atoms with E-state index in [1.165, 1.54) is 22.3 Å². The summed E-state index contributed by atoms with van der Waals surface area (Å²) in [6.45, 7) is 0.434. The highest BCUT2D eigenvalue weighted by Crippen LogP contribution is 2.36. The molecule has 150 valence electrons. The molecule has 3 aromatic heterocycles. The number of aliphatic hydroxyl groups is 1. The van der Waals surface area contributed by atoms with Crippen LogP contribution in [0.15, 0.2) is 30.6 Å². The first kappa shape index (κ1) is 18.1. The molecule has 0 radical (unpaired) electrons. The number of fused-ring (bicyclic) bond motifs is 2. The third kappa shape index (κ3) is 3.04. The fourth-order valence-corrected chi connectivity index (χ4v) is 4.90. The van der Waals surface area contributed by atoms with Gasteiger partial charge in [0.05, 0.1) is 18.7 Å². The van der Waals surface area contributed by atoms with Crippen LogP contribution in [0.3, 0.4) is 0 Å². The molecular weight excluding hydrogens is 397 g/mol. The highest BCUT2D eigenvalue weighted by molar-refractivity contribution is 7.21. The number of hydrogen-bond donors (Lipinski definition) is 2. The summed E-state index contributed by atoms with van der Waals surface area (Å²) in [7, 11) is 1.76. The molecule has 1 saturated heterocycles. The van der Waals surface area contributed by atoms with Crippen molar-refractivity contribution in [3.05, 3.63) is 36.4 Å². The Bertz CT molecular complexity index is 1210. The average Bonchev–Trinajstić information content (AvgIpc) is 3.33. The van der Waals surface area contributed by atoms with E-state index >= 15 is 0 Å². The minimum atomic E-state index is -1.02. The number of likely N-dealkylation sites (tertiary alicyclic amines) is 1. The van der Waals surface area contributed by atoms with Crippen molar-refractivity contribution in [2.24, 2.45) is 7.05 Å². The Balaban J connectivity index is 1.45. The number of benzene rings is 1. The van der Waals surface area contributed by atoms with Gasteiger partial charge in [0, 0.05) is 41.6 Å². The maximum Gasteiger partial charge on any atom is 0.407 e. The van der Waals surface area contributed by atoms with Crippen molar-refractivity contribution in [3.8, 4) is 10.4 Å². The zero-order chi connectivity index (χ0) is 20.3. The number of rotatable bonds is 2. The largest absolute Gasteiger partial charge is 0.465 e. The minimum Gasteiger partial charge on any atom is -0.465 e. The molecule has 1 aromatic carbocycles. The van der Waals surface area contributed by atoms with Crippen LogP contribution in [0.4, 0.5) is 9.18 Å². The van der Waals surface area contributed by atoms with Gasteiger partial charge in [0.2, 0.25) is 0 Å². The van der Waals surface area contributed by atoms with E-state index in [1.54, 1.807) is 22.6 Å². The summed E-state index contributed by atoms with van der Waals surface area (Å²) < 4.78 is 17.7. The summed E-state index contributed by atoms with van der Waals surface area (Å²) in [6, 6.07) is 5.09. The first-order valence-corrected chi connectivity index (χ1v) is 9.98. The quantitative estimate of drug-likeness (QED) is 0.525. The van der Waals surface area contributed by atoms with Gasteiger partial charge >= 0.3 is 6.09 Å². The Labute approximate surface area is 168 Å². The Morgan fingerprint density at radius 3 is 2.79 bits per heavy atom. The van der Waals surface area contributed by atoms with E-state index in [0.29, 0.717) is 18.5 Å². The summed E-state index contributed by atoms with van der Waals surface area (Å²) in [5, 5.41) is 29.8. The predicted octanol–water partition coefficient (Wildman–Crippen LogP) is 3.08.